The summed E-state index contributed by atoms with van der Waals surface area (Å²) in [7, 11) is 3.77. The molecule has 1 amide bonds. The summed E-state index contributed by atoms with van der Waals surface area (Å²) in [4.78, 5) is 22.9. The lowest BCUT2D eigenvalue weighted by Gasteiger charge is -2.16. The molecule has 0 spiro atoms. The van der Waals surface area contributed by atoms with E-state index in [1.807, 2.05) is 55.4 Å². The van der Waals surface area contributed by atoms with Crippen LogP contribution in [0.25, 0.3) is 10.8 Å². The van der Waals surface area contributed by atoms with Crippen molar-refractivity contribution in [2.75, 3.05) is 24.3 Å². The molecule has 0 radical (unpaired) electrons. The fraction of sp³-hybridized carbons (Fsp3) is 0.118. The first-order valence-corrected chi connectivity index (χ1v) is 6.94. The Morgan fingerprint density at radius 3 is 2.64 bits per heavy atom. The standard InChI is InChI=1S/C17H16N4O/c1-21(2)16-14(8-5-10-19-16)20-17(22)15-13-7-4-3-6-12(13)9-11-18-15/h3-11H,1-2H3,(H,20,22). The SMILES string of the molecule is CN(C)c1ncccc1NC(=O)c1nccc2ccccc12. The third kappa shape index (κ3) is 2.61. The normalized spacial score (nSPS) is 10.5. The van der Waals surface area contributed by atoms with Crippen molar-refractivity contribution in [2.24, 2.45) is 0 Å². The maximum absolute atomic E-state index is 12.6. The summed E-state index contributed by atoms with van der Waals surface area (Å²) in [6, 6.07) is 13.2. The van der Waals surface area contributed by atoms with Crippen LogP contribution in [-0.2, 0) is 0 Å². The number of fused-ring (bicyclic) bond motifs is 1. The summed E-state index contributed by atoms with van der Waals surface area (Å²) in [5, 5.41) is 4.71. The van der Waals surface area contributed by atoms with Gasteiger partial charge in [-0.3, -0.25) is 9.78 Å². The van der Waals surface area contributed by atoms with Crippen LogP contribution in [0.2, 0.25) is 0 Å². The average molecular weight is 292 g/mol. The molecular formula is C17H16N4O. The number of carbonyl (C=O) groups is 1. The summed E-state index contributed by atoms with van der Waals surface area (Å²) in [6.45, 7) is 0. The van der Waals surface area contributed by atoms with Crippen molar-refractivity contribution in [3.8, 4) is 0 Å². The second-order valence-electron chi connectivity index (χ2n) is 5.10. The zero-order chi connectivity index (χ0) is 15.5. The van der Waals surface area contributed by atoms with Crippen LogP contribution in [0.3, 0.4) is 0 Å². The number of hydrogen-bond acceptors (Lipinski definition) is 4. The molecule has 0 aliphatic rings. The number of rotatable bonds is 3. The molecule has 0 aliphatic heterocycles. The van der Waals surface area contributed by atoms with Crippen LogP contribution in [-0.4, -0.2) is 30.0 Å². The molecule has 110 valence electrons. The van der Waals surface area contributed by atoms with Gasteiger partial charge in [0.1, 0.15) is 5.69 Å². The number of aromatic nitrogens is 2. The van der Waals surface area contributed by atoms with Crippen LogP contribution in [0.4, 0.5) is 11.5 Å². The first-order valence-electron chi connectivity index (χ1n) is 6.94. The van der Waals surface area contributed by atoms with Gasteiger partial charge in [0.2, 0.25) is 0 Å². The van der Waals surface area contributed by atoms with E-state index in [0.717, 1.165) is 10.8 Å². The van der Waals surface area contributed by atoms with E-state index in [9.17, 15) is 4.79 Å². The maximum Gasteiger partial charge on any atom is 0.274 e. The highest BCUT2D eigenvalue weighted by Crippen LogP contribution is 2.22. The van der Waals surface area contributed by atoms with Crippen LogP contribution in [0.15, 0.2) is 54.9 Å². The Morgan fingerprint density at radius 2 is 1.82 bits per heavy atom. The van der Waals surface area contributed by atoms with Crippen molar-refractivity contribution < 1.29 is 4.79 Å². The van der Waals surface area contributed by atoms with E-state index in [0.29, 0.717) is 17.2 Å². The van der Waals surface area contributed by atoms with Crippen LogP contribution in [0, 0.1) is 0 Å². The van der Waals surface area contributed by atoms with Crippen LogP contribution < -0.4 is 10.2 Å². The first kappa shape index (κ1) is 14.0. The lowest BCUT2D eigenvalue weighted by atomic mass is 10.1. The van der Waals surface area contributed by atoms with Crippen LogP contribution >= 0.6 is 0 Å². The Labute approximate surface area is 128 Å². The topological polar surface area (TPSA) is 58.1 Å². The molecule has 0 fully saturated rings. The molecule has 2 aromatic heterocycles. The summed E-state index contributed by atoms with van der Waals surface area (Å²) in [6.07, 6.45) is 3.34. The number of hydrogen-bond donors (Lipinski definition) is 1. The van der Waals surface area contributed by atoms with Gasteiger partial charge in [0.25, 0.3) is 5.91 Å². The van der Waals surface area contributed by atoms with E-state index in [1.165, 1.54) is 0 Å². The first-order chi connectivity index (χ1) is 10.7. The zero-order valence-electron chi connectivity index (χ0n) is 12.4. The fourth-order valence-corrected chi connectivity index (χ4v) is 2.33. The molecular weight excluding hydrogens is 276 g/mol. The molecule has 0 bridgehead atoms. The number of carbonyl (C=O) groups excluding carboxylic acids is 1. The minimum atomic E-state index is -0.243. The number of amides is 1. The van der Waals surface area contributed by atoms with Gasteiger partial charge in [-0.05, 0) is 23.6 Å². The van der Waals surface area contributed by atoms with Crippen molar-refractivity contribution in [2.45, 2.75) is 0 Å². The largest absolute Gasteiger partial charge is 0.361 e. The highest BCUT2D eigenvalue weighted by molar-refractivity contribution is 6.12. The van der Waals surface area contributed by atoms with Crippen molar-refractivity contribution in [3.05, 3.63) is 60.6 Å². The molecule has 22 heavy (non-hydrogen) atoms. The van der Waals surface area contributed by atoms with Crippen molar-refractivity contribution in [1.29, 1.82) is 0 Å². The van der Waals surface area contributed by atoms with Gasteiger partial charge in [0, 0.05) is 31.9 Å². The fourth-order valence-electron chi connectivity index (χ4n) is 2.33. The number of nitrogens with zero attached hydrogens (tertiary/aromatic N) is 3. The molecule has 3 aromatic rings. The Morgan fingerprint density at radius 1 is 1.00 bits per heavy atom. The number of nitrogens with one attached hydrogen (secondary N) is 1. The molecule has 0 atom stereocenters. The third-order valence-electron chi connectivity index (χ3n) is 3.35. The van der Waals surface area contributed by atoms with E-state index in [1.54, 1.807) is 18.5 Å². The van der Waals surface area contributed by atoms with Gasteiger partial charge in [0.15, 0.2) is 5.82 Å². The van der Waals surface area contributed by atoms with Crippen molar-refractivity contribution >= 4 is 28.2 Å². The Balaban J connectivity index is 1.98. The Kier molecular flexibility index (Phi) is 3.70. The summed E-state index contributed by atoms with van der Waals surface area (Å²) in [5.74, 6) is 0.462. The Hall–Kier alpha value is -2.95. The monoisotopic (exact) mass is 292 g/mol. The van der Waals surface area contributed by atoms with Gasteiger partial charge in [-0.2, -0.15) is 0 Å². The molecule has 1 aromatic carbocycles. The van der Waals surface area contributed by atoms with Gasteiger partial charge in [-0.15, -0.1) is 0 Å². The highest BCUT2D eigenvalue weighted by Gasteiger charge is 2.14. The van der Waals surface area contributed by atoms with Crippen molar-refractivity contribution in [3.63, 3.8) is 0 Å². The quantitative estimate of drug-likeness (QED) is 0.806. The molecule has 0 aliphatic carbocycles. The van der Waals surface area contributed by atoms with Gasteiger partial charge in [-0.25, -0.2) is 4.98 Å². The van der Waals surface area contributed by atoms with E-state index in [-0.39, 0.29) is 5.91 Å². The van der Waals surface area contributed by atoms with E-state index >= 15 is 0 Å². The van der Waals surface area contributed by atoms with E-state index in [2.05, 4.69) is 15.3 Å². The summed E-state index contributed by atoms with van der Waals surface area (Å²) < 4.78 is 0. The predicted octanol–water partition coefficient (Wildman–Crippen LogP) is 2.95. The summed E-state index contributed by atoms with van der Waals surface area (Å²) >= 11 is 0. The molecule has 1 N–H and O–H groups in total. The van der Waals surface area contributed by atoms with Crippen LogP contribution in [0.5, 0.6) is 0 Å². The minimum absolute atomic E-state index is 0.243. The van der Waals surface area contributed by atoms with Gasteiger partial charge in [0.05, 0.1) is 5.69 Å². The lowest BCUT2D eigenvalue weighted by molar-refractivity contribution is 0.102. The smallest absolute Gasteiger partial charge is 0.274 e. The van der Waals surface area contributed by atoms with E-state index < -0.39 is 0 Å². The van der Waals surface area contributed by atoms with Crippen molar-refractivity contribution in [1.82, 2.24) is 9.97 Å². The molecule has 2 heterocycles. The highest BCUT2D eigenvalue weighted by atomic mass is 16.1. The number of anilines is 2. The minimum Gasteiger partial charge on any atom is -0.361 e. The number of benzene rings is 1. The molecule has 0 unspecified atom stereocenters. The van der Waals surface area contributed by atoms with E-state index in [4.69, 9.17) is 0 Å². The molecule has 0 saturated carbocycles. The predicted molar refractivity (Wildman–Crippen MR) is 88.3 cm³/mol. The van der Waals surface area contributed by atoms with Crippen LogP contribution in [0.1, 0.15) is 10.5 Å². The van der Waals surface area contributed by atoms with Gasteiger partial charge in [-0.1, -0.05) is 24.3 Å². The second kappa shape index (κ2) is 5.81. The third-order valence-corrected chi connectivity index (χ3v) is 3.35. The maximum atomic E-state index is 12.6. The lowest BCUT2D eigenvalue weighted by Crippen LogP contribution is -2.18. The molecule has 0 saturated heterocycles. The molecule has 3 rings (SSSR count). The second-order valence-corrected chi connectivity index (χ2v) is 5.10. The van der Waals surface area contributed by atoms with Gasteiger partial charge < -0.3 is 10.2 Å². The number of pyridine rings is 2. The molecule has 5 nitrogen and oxygen atoms in total. The average Bonchev–Trinajstić information content (AvgIpc) is 2.54. The van der Waals surface area contributed by atoms with Gasteiger partial charge >= 0.3 is 0 Å². The summed E-state index contributed by atoms with van der Waals surface area (Å²) in [5.41, 5.74) is 1.07. The molecule has 5 heteroatoms. The Bertz CT molecular complexity index is 824. The zero-order valence-corrected chi connectivity index (χ0v) is 12.4.